The van der Waals surface area contributed by atoms with Gasteiger partial charge in [0.05, 0.1) is 5.52 Å². The zero-order valence-corrected chi connectivity index (χ0v) is 14.2. The van der Waals surface area contributed by atoms with E-state index in [0.717, 1.165) is 35.7 Å². The number of anilines is 1. The molecule has 0 saturated heterocycles. The number of hydrogen-bond acceptors (Lipinski definition) is 3. The summed E-state index contributed by atoms with van der Waals surface area (Å²) in [5, 5.41) is 3.70. The molecule has 1 heterocycles. The molecule has 0 unspecified atom stereocenters. The number of ether oxygens (including phenoxy) is 1. The highest BCUT2D eigenvalue weighted by molar-refractivity contribution is 5.90. The van der Waals surface area contributed by atoms with Crippen molar-refractivity contribution >= 4 is 22.7 Å². The Labute approximate surface area is 136 Å². The van der Waals surface area contributed by atoms with Crippen molar-refractivity contribution in [3.63, 3.8) is 0 Å². The number of nitrogens with one attached hydrogen (secondary N) is 2. The minimum absolute atomic E-state index is 0.127. The Morgan fingerprint density at radius 2 is 2.00 bits per heavy atom. The van der Waals surface area contributed by atoms with Gasteiger partial charge in [0.15, 0.2) is 0 Å². The number of aromatic nitrogens is 1. The Bertz CT molecular complexity index is 757. The molecule has 0 fully saturated rings. The quantitative estimate of drug-likeness (QED) is 0.887. The predicted molar refractivity (Wildman–Crippen MR) is 93.0 cm³/mol. The molecule has 2 aromatic rings. The van der Waals surface area contributed by atoms with Crippen LogP contribution >= 0.6 is 0 Å². The summed E-state index contributed by atoms with van der Waals surface area (Å²) in [7, 11) is 0. The first-order chi connectivity index (χ1) is 10.8. The molecular formula is C18H24N2O3. The van der Waals surface area contributed by atoms with E-state index in [1.807, 2.05) is 32.9 Å². The smallest absolute Gasteiger partial charge is 0.412 e. The second kappa shape index (κ2) is 6.86. The highest BCUT2D eigenvalue weighted by Gasteiger charge is 2.16. The molecule has 23 heavy (non-hydrogen) atoms. The first-order valence-electron chi connectivity index (χ1n) is 7.94. The van der Waals surface area contributed by atoms with E-state index in [-0.39, 0.29) is 5.56 Å². The molecule has 124 valence electrons. The Morgan fingerprint density at radius 3 is 2.65 bits per heavy atom. The van der Waals surface area contributed by atoms with E-state index in [1.165, 1.54) is 0 Å². The van der Waals surface area contributed by atoms with Crippen molar-refractivity contribution in [2.45, 2.75) is 52.6 Å². The van der Waals surface area contributed by atoms with Gasteiger partial charge in [-0.2, -0.15) is 0 Å². The second-order valence-electron chi connectivity index (χ2n) is 6.65. The summed E-state index contributed by atoms with van der Waals surface area (Å²) in [6.07, 6.45) is 2.47. The van der Waals surface area contributed by atoms with E-state index in [2.05, 4.69) is 17.2 Å². The lowest BCUT2D eigenvalue weighted by atomic mass is 10.0. The fourth-order valence-electron chi connectivity index (χ4n) is 2.41. The third-order valence-corrected chi connectivity index (χ3v) is 3.37. The fourth-order valence-corrected chi connectivity index (χ4v) is 2.41. The van der Waals surface area contributed by atoms with Crippen molar-refractivity contribution < 1.29 is 9.53 Å². The van der Waals surface area contributed by atoms with Crippen molar-refractivity contribution in [3.8, 4) is 0 Å². The summed E-state index contributed by atoms with van der Waals surface area (Å²) in [5.41, 5.74) is 1.67. The number of rotatable bonds is 4. The standard InChI is InChI=1S/C18H24N2O3/c1-5-6-7-12-10-16(21)20-15-11-13(8-9-14(12)15)19-17(22)23-18(2,3)4/h8-11H,5-7H2,1-4H3,(H,19,22)(H,20,21). The van der Waals surface area contributed by atoms with Crippen LogP contribution in [-0.4, -0.2) is 16.7 Å². The number of H-pyrrole nitrogens is 1. The molecule has 0 radical (unpaired) electrons. The van der Waals surface area contributed by atoms with Gasteiger partial charge in [0, 0.05) is 17.1 Å². The fraction of sp³-hybridized carbons (Fsp3) is 0.444. The number of pyridine rings is 1. The van der Waals surface area contributed by atoms with Gasteiger partial charge < -0.3 is 9.72 Å². The van der Waals surface area contributed by atoms with Gasteiger partial charge in [0.25, 0.3) is 0 Å². The van der Waals surface area contributed by atoms with Crippen LogP contribution in [0.3, 0.4) is 0 Å². The molecule has 0 aliphatic rings. The van der Waals surface area contributed by atoms with Gasteiger partial charge in [0.2, 0.25) is 5.56 Å². The number of fused-ring (bicyclic) bond motifs is 1. The molecule has 2 N–H and O–H groups in total. The summed E-state index contributed by atoms with van der Waals surface area (Å²) >= 11 is 0. The highest BCUT2D eigenvalue weighted by atomic mass is 16.6. The van der Waals surface area contributed by atoms with Gasteiger partial charge in [-0.05, 0) is 51.3 Å². The average Bonchev–Trinajstić information content (AvgIpc) is 2.42. The van der Waals surface area contributed by atoms with Crippen LogP contribution in [0.4, 0.5) is 10.5 Å². The maximum Gasteiger partial charge on any atom is 0.412 e. The van der Waals surface area contributed by atoms with Crippen molar-refractivity contribution in [2.24, 2.45) is 0 Å². The van der Waals surface area contributed by atoms with Gasteiger partial charge in [-0.25, -0.2) is 4.79 Å². The molecule has 1 aromatic heterocycles. The van der Waals surface area contributed by atoms with Crippen LogP contribution in [0.2, 0.25) is 0 Å². The number of benzene rings is 1. The van der Waals surface area contributed by atoms with Crippen molar-refractivity contribution in [1.29, 1.82) is 0 Å². The molecule has 2 rings (SSSR count). The molecule has 0 aliphatic heterocycles. The van der Waals surface area contributed by atoms with Crippen molar-refractivity contribution in [1.82, 2.24) is 4.98 Å². The summed E-state index contributed by atoms with van der Waals surface area (Å²) in [4.78, 5) is 26.5. The third kappa shape index (κ3) is 4.84. The van der Waals surface area contributed by atoms with E-state index in [0.29, 0.717) is 5.69 Å². The molecule has 0 bridgehead atoms. The zero-order valence-electron chi connectivity index (χ0n) is 14.2. The van der Waals surface area contributed by atoms with Crippen molar-refractivity contribution in [3.05, 3.63) is 40.2 Å². The summed E-state index contributed by atoms with van der Waals surface area (Å²) in [6.45, 7) is 7.55. The number of carbonyl (C=O) groups is 1. The second-order valence-corrected chi connectivity index (χ2v) is 6.65. The molecular weight excluding hydrogens is 292 g/mol. The molecule has 0 spiro atoms. The van der Waals surface area contributed by atoms with E-state index < -0.39 is 11.7 Å². The lowest BCUT2D eigenvalue weighted by molar-refractivity contribution is 0.0636. The Morgan fingerprint density at radius 1 is 1.26 bits per heavy atom. The number of carbonyl (C=O) groups excluding carboxylic acids is 1. The van der Waals surface area contributed by atoms with E-state index >= 15 is 0 Å². The van der Waals surface area contributed by atoms with Crippen LogP contribution < -0.4 is 10.9 Å². The predicted octanol–water partition coefficient (Wildman–Crippen LogP) is 4.22. The van der Waals surface area contributed by atoms with Gasteiger partial charge >= 0.3 is 6.09 Å². The minimum Gasteiger partial charge on any atom is -0.444 e. The molecule has 0 aliphatic carbocycles. The molecule has 0 atom stereocenters. The lowest BCUT2D eigenvalue weighted by Gasteiger charge is -2.19. The first kappa shape index (κ1) is 17.1. The normalized spacial score (nSPS) is 11.5. The number of aryl methyl sites for hydroxylation is 1. The van der Waals surface area contributed by atoms with Crippen LogP contribution in [0, 0.1) is 0 Å². The summed E-state index contributed by atoms with van der Waals surface area (Å²) in [5.74, 6) is 0. The molecule has 1 aromatic carbocycles. The van der Waals surface area contributed by atoms with Crippen LogP contribution in [0.1, 0.15) is 46.1 Å². The first-order valence-corrected chi connectivity index (χ1v) is 7.94. The topological polar surface area (TPSA) is 71.2 Å². The average molecular weight is 316 g/mol. The largest absolute Gasteiger partial charge is 0.444 e. The van der Waals surface area contributed by atoms with Crippen LogP contribution in [0.15, 0.2) is 29.1 Å². The maximum atomic E-state index is 11.8. The van der Waals surface area contributed by atoms with Crippen LogP contribution in [-0.2, 0) is 11.2 Å². The third-order valence-electron chi connectivity index (χ3n) is 3.37. The summed E-state index contributed by atoms with van der Waals surface area (Å²) in [6, 6.07) is 7.15. The SMILES string of the molecule is CCCCc1cc(=O)[nH]c2cc(NC(=O)OC(C)(C)C)ccc12. The Hall–Kier alpha value is -2.30. The van der Waals surface area contributed by atoms with Gasteiger partial charge in [-0.15, -0.1) is 0 Å². The van der Waals surface area contributed by atoms with E-state index in [4.69, 9.17) is 4.74 Å². The lowest BCUT2D eigenvalue weighted by Crippen LogP contribution is -2.27. The highest BCUT2D eigenvalue weighted by Crippen LogP contribution is 2.21. The Balaban J connectivity index is 2.28. The molecule has 5 nitrogen and oxygen atoms in total. The van der Waals surface area contributed by atoms with Crippen molar-refractivity contribution in [2.75, 3.05) is 5.32 Å². The van der Waals surface area contributed by atoms with Gasteiger partial charge in [-0.3, -0.25) is 10.1 Å². The van der Waals surface area contributed by atoms with Gasteiger partial charge in [0.1, 0.15) is 5.60 Å². The number of aromatic amines is 1. The van der Waals surface area contributed by atoms with Crippen LogP contribution in [0.25, 0.3) is 10.9 Å². The van der Waals surface area contributed by atoms with Gasteiger partial charge in [-0.1, -0.05) is 19.4 Å². The van der Waals surface area contributed by atoms with Crippen LogP contribution in [0.5, 0.6) is 0 Å². The van der Waals surface area contributed by atoms with E-state index in [1.54, 1.807) is 12.1 Å². The molecule has 0 saturated carbocycles. The number of unbranched alkanes of at least 4 members (excludes halogenated alkanes) is 1. The molecule has 1 amide bonds. The number of amides is 1. The Kier molecular flexibility index (Phi) is 5.08. The number of hydrogen-bond donors (Lipinski definition) is 2. The van der Waals surface area contributed by atoms with E-state index in [9.17, 15) is 9.59 Å². The molecule has 5 heteroatoms. The maximum absolute atomic E-state index is 11.8. The monoisotopic (exact) mass is 316 g/mol. The zero-order chi connectivity index (χ0) is 17.0. The summed E-state index contributed by atoms with van der Waals surface area (Å²) < 4.78 is 5.23. The minimum atomic E-state index is -0.553.